The Labute approximate surface area is 239 Å². The number of aromatic nitrogens is 2. The van der Waals surface area contributed by atoms with Gasteiger partial charge in [-0.05, 0) is 99.8 Å². The summed E-state index contributed by atoms with van der Waals surface area (Å²) in [6.07, 6.45) is 6.43. The fourth-order valence-corrected chi connectivity index (χ4v) is 8.35. The molecule has 0 aromatic carbocycles. The largest absolute Gasteiger partial charge is 0.418 e. The number of pyridine rings is 1. The number of nitrogens with zero attached hydrogens (tertiary/aromatic N) is 4. The summed E-state index contributed by atoms with van der Waals surface area (Å²) >= 11 is 0. The quantitative estimate of drug-likeness (QED) is 0.461. The number of likely N-dealkylation sites (tertiary alicyclic amines) is 1. The van der Waals surface area contributed by atoms with Crippen LogP contribution in [0.3, 0.4) is 0 Å². The normalized spacial score (nSPS) is 32.8. The van der Waals surface area contributed by atoms with Crippen molar-refractivity contribution in [2.24, 2.45) is 29.6 Å². The van der Waals surface area contributed by atoms with Gasteiger partial charge >= 0.3 is 11.9 Å². The number of rotatable bonds is 7. The third kappa shape index (κ3) is 5.85. The molecule has 0 amide bonds. The maximum absolute atomic E-state index is 14.3. The second kappa shape index (κ2) is 11.6. The van der Waals surface area contributed by atoms with Crippen LogP contribution in [0.5, 0.6) is 0 Å². The van der Waals surface area contributed by atoms with Crippen molar-refractivity contribution >= 4 is 5.52 Å². The summed E-state index contributed by atoms with van der Waals surface area (Å²) in [6, 6.07) is 1.12. The van der Waals surface area contributed by atoms with Crippen molar-refractivity contribution in [3.63, 3.8) is 0 Å². The lowest BCUT2D eigenvalue weighted by Gasteiger charge is -2.48. The molecule has 4 aliphatic rings. The van der Waals surface area contributed by atoms with Crippen LogP contribution < -0.4 is 16.5 Å². The van der Waals surface area contributed by atoms with Crippen LogP contribution in [0.1, 0.15) is 75.5 Å². The van der Waals surface area contributed by atoms with Gasteiger partial charge in [0.15, 0.2) is 0 Å². The number of nitrogens with one attached hydrogen (secondary N) is 2. The molecule has 2 aromatic rings. The molecule has 228 valence electrons. The third-order valence-corrected chi connectivity index (χ3v) is 10.4. The molecule has 2 aromatic heterocycles. The number of hydrazine groups is 1. The van der Waals surface area contributed by atoms with E-state index in [1.54, 1.807) is 10.8 Å². The molecule has 41 heavy (non-hydrogen) atoms. The first-order valence-electron chi connectivity index (χ1n) is 15.5. The van der Waals surface area contributed by atoms with E-state index in [2.05, 4.69) is 34.6 Å². The first kappa shape index (κ1) is 29.2. The van der Waals surface area contributed by atoms with Gasteiger partial charge < -0.3 is 5.11 Å². The lowest BCUT2D eigenvalue weighted by molar-refractivity contribution is -0.136. The Balaban J connectivity index is 1.29. The highest BCUT2D eigenvalue weighted by Gasteiger charge is 2.46. The number of piperidine rings is 1. The Morgan fingerprint density at radius 2 is 1.90 bits per heavy atom. The molecule has 2 aliphatic heterocycles. The van der Waals surface area contributed by atoms with Crippen molar-refractivity contribution in [2.45, 2.75) is 83.2 Å². The second-order valence-electron chi connectivity index (χ2n) is 13.4. The highest BCUT2D eigenvalue weighted by Crippen LogP contribution is 2.48. The summed E-state index contributed by atoms with van der Waals surface area (Å²) in [6.45, 7) is 5.29. The van der Waals surface area contributed by atoms with Crippen molar-refractivity contribution in [2.75, 3.05) is 33.4 Å². The minimum absolute atomic E-state index is 0.0527. The summed E-state index contributed by atoms with van der Waals surface area (Å²) in [7, 11) is 2.10. The number of imidazole rings is 1. The van der Waals surface area contributed by atoms with E-state index in [1.807, 2.05) is 0 Å². The fraction of sp³-hybridized carbons (Fsp3) is 0.767. The van der Waals surface area contributed by atoms with E-state index in [0.717, 1.165) is 71.1 Å². The number of alkyl halides is 3. The van der Waals surface area contributed by atoms with Crippen molar-refractivity contribution < 1.29 is 18.3 Å². The van der Waals surface area contributed by atoms with Gasteiger partial charge in [0.25, 0.3) is 0 Å². The summed E-state index contributed by atoms with van der Waals surface area (Å²) in [5.41, 5.74) is 6.09. The van der Waals surface area contributed by atoms with Crippen LogP contribution in [0.2, 0.25) is 0 Å². The lowest BCUT2D eigenvalue weighted by Crippen LogP contribution is -2.51. The standard InChI is InChI=1S/C30H45F3N6O2/c1-19-5-4-8-37(13-19)14-21-11-25(30(31,32)33)26-16-38(29(41)39(26)15-21)24-7-3-6-22(12-24)27(23-9-20(10-23)17-40)28-35-34-18-36(28)2/h11,15-16,19-20,22-24,27-28,34-35,40H,3-10,12-14,17-18H2,1-2H3/t19-,20?,22?,23?,24?,27+,28?/m0/s1. The lowest BCUT2D eigenvalue weighted by atomic mass is 9.61. The molecule has 4 heterocycles. The number of hydrogen-bond acceptors (Lipinski definition) is 6. The monoisotopic (exact) mass is 578 g/mol. The van der Waals surface area contributed by atoms with Crippen LogP contribution in [-0.4, -0.2) is 63.5 Å². The topological polar surface area (TPSA) is 77.2 Å². The van der Waals surface area contributed by atoms with Gasteiger partial charge in [0.1, 0.15) is 0 Å². The molecular weight excluding hydrogens is 533 g/mol. The molecule has 8 nitrogen and oxygen atoms in total. The van der Waals surface area contributed by atoms with Crippen LogP contribution in [0, 0.1) is 29.6 Å². The zero-order valence-corrected chi connectivity index (χ0v) is 24.2. The SMILES string of the molecule is C[C@H]1CCCN(Cc2cc(C(F)(F)F)c3cn(C4CCCC([C@H](C5CC(CO)C5)C5NNCN5C)C4)c(=O)n3c2)C1. The Kier molecular flexibility index (Phi) is 8.28. The van der Waals surface area contributed by atoms with Gasteiger partial charge in [-0.25, -0.2) is 15.6 Å². The zero-order chi connectivity index (χ0) is 28.9. The van der Waals surface area contributed by atoms with E-state index in [1.165, 1.54) is 16.7 Å². The number of aliphatic hydroxyl groups is 1. The first-order valence-corrected chi connectivity index (χ1v) is 15.5. The average molecular weight is 579 g/mol. The number of halogens is 3. The van der Waals surface area contributed by atoms with E-state index in [0.29, 0.717) is 41.7 Å². The molecule has 11 heteroatoms. The molecule has 0 radical (unpaired) electrons. The molecule has 2 aliphatic carbocycles. The van der Waals surface area contributed by atoms with Crippen LogP contribution in [0.15, 0.2) is 23.3 Å². The summed E-state index contributed by atoms with van der Waals surface area (Å²) in [4.78, 5) is 18.2. The molecule has 4 fully saturated rings. The van der Waals surface area contributed by atoms with Crippen molar-refractivity contribution in [1.29, 1.82) is 0 Å². The maximum Gasteiger partial charge on any atom is 0.418 e. The van der Waals surface area contributed by atoms with Gasteiger partial charge in [0.2, 0.25) is 0 Å². The molecule has 0 spiro atoms. The van der Waals surface area contributed by atoms with Crippen LogP contribution in [0.25, 0.3) is 5.52 Å². The molecule has 0 bridgehead atoms. The molecule has 3 unspecified atom stereocenters. The minimum atomic E-state index is -4.55. The molecule has 6 rings (SSSR count). The molecule has 3 N–H and O–H groups in total. The van der Waals surface area contributed by atoms with Gasteiger partial charge in [-0.2, -0.15) is 13.2 Å². The Bertz CT molecular complexity index is 1270. The first-order chi connectivity index (χ1) is 19.6. The number of aliphatic hydroxyl groups excluding tert-OH is 1. The summed E-state index contributed by atoms with van der Waals surface area (Å²) < 4.78 is 45.8. The molecule has 2 saturated heterocycles. The van der Waals surface area contributed by atoms with Crippen LogP contribution in [0.4, 0.5) is 13.2 Å². The number of fused-ring (bicyclic) bond motifs is 1. The Morgan fingerprint density at radius 1 is 1.10 bits per heavy atom. The Hall–Kier alpha value is -1.92. The van der Waals surface area contributed by atoms with E-state index < -0.39 is 11.7 Å². The van der Waals surface area contributed by atoms with E-state index in [9.17, 15) is 23.1 Å². The van der Waals surface area contributed by atoms with Gasteiger partial charge in [-0.3, -0.25) is 18.8 Å². The van der Waals surface area contributed by atoms with E-state index in [-0.39, 0.29) is 30.0 Å². The predicted molar refractivity (Wildman–Crippen MR) is 151 cm³/mol. The second-order valence-corrected chi connectivity index (χ2v) is 13.4. The van der Waals surface area contributed by atoms with E-state index >= 15 is 0 Å². The molecule has 2 saturated carbocycles. The maximum atomic E-state index is 14.3. The molecule has 5 atom stereocenters. The molecular formula is C30H45F3N6O2. The average Bonchev–Trinajstić information content (AvgIpc) is 3.47. The highest BCUT2D eigenvalue weighted by atomic mass is 19.4. The fourth-order valence-electron chi connectivity index (χ4n) is 8.35. The summed E-state index contributed by atoms with van der Waals surface area (Å²) in [5.74, 6) is 2.04. The highest BCUT2D eigenvalue weighted by molar-refractivity contribution is 5.56. The van der Waals surface area contributed by atoms with E-state index in [4.69, 9.17) is 0 Å². The van der Waals surface area contributed by atoms with Crippen molar-refractivity contribution in [3.05, 3.63) is 40.1 Å². The van der Waals surface area contributed by atoms with Gasteiger partial charge in [-0.15, -0.1) is 0 Å². The van der Waals surface area contributed by atoms with Crippen molar-refractivity contribution in [1.82, 2.24) is 29.6 Å². The van der Waals surface area contributed by atoms with Gasteiger partial charge in [0.05, 0.1) is 23.9 Å². The van der Waals surface area contributed by atoms with Gasteiger partial charge in [0, 0.05) is 38.1 Å². The van der Waals surface area contributed by atoms with Crippen LogP contribution >= 0.6 is 0 Å². The minimum Gasteiger partial charge on any atom is -0.396 e. The summed E-state index contributed by atoms with van der Waals surface area (Å²) in [5, 5.41) is 9.64. The van der Waals surface area contributed by atoms with Crippen LogP contribution in [-0.2, 0) is 12.7 Å². The smallest absolute Gasteiger partial charge is 0.396 e. The zero-order valence-electron chi connectivity index (χ0n) is 24.2. The predicted octanol–water partition coefficient (Wildman–Crippen LogP) is 4.04. The Morgan fingerprint density at radius 3 is 2.59 bits per heavy atom. The van der Waals surface area contributed by atoms with Gasteiger partial charge in [-0.1, -0.05) is 13.3 Å². The van der Waals surface area contributed by atoms with Crippen molar-refractivity contribution in [3.8, 4) is 0 Å². The number of hydrogen-bond donors (Lipinski definition) is 3. The third-order valence-electron chi connectivity index (χ3n) is 10.4.